The highest BCUT2D eigenvalue weighted by Gasteiger charge is 2.40. The van der Waals surface area contributed by atoms with Gasteiger partial charge < -0.3 is 5.32 Å². The molecular weight excluding hydrogens is 398 g/mol. The SMILES string of the molecule is O=C1C(Nc2cccc(F)c2)=C(c2ccc(F)cc2)C(=O)N1c1cccc(Cl)c1. The van der Waals surface area contributed by atoms with Gasteiger partial charge in [0, 0.05) is 10.7 Å². The molecule has 7 heteroatoms. The predicted molar refractivity (Wildman–Crippen MR) is 107 cm³/mol. The number of hydrogen-bond acceptors (Lipinski definition) is 3. The van der Waals surface area contributed by atoms with Gasteiger partial charge in [-0.25, -0.2) is 13.7 Å². The van der Waals surface area contributed by atoms with Crippen LogP contribution in [0.3, 0.4) is 0 Å². The van der Waals surface area contributed by atoms with Crippen molar-refractivity contribution in [1.82, 2.24) is 0 Å². The van der Waals surface area contributed by atoms with Crippen molar-refractivity contribution in [3.8, 4) is 0 Å². The van der Waals surface area contributed by atoms with Crippen LogP contribution in [0.4, 0.5) is 20.2 Å². The Kier molecular flexibility index (Phi) is 4.86. The average molecular weight is 411 g/mol. The summed E-state index contributed by atoms with van der Waals surface area (Å²) in [5.74, 6) is -2.19. The Morgan fingerprint density at radius 2 is 1.52 bits per heavy atom. The normalized spacial score (nSPS) is 14.0. The zero-order valence-electron chi connectivity index (χ0n) is 14.8. The third-order valence-electron chi connectivity index (χ3n) is 4.38. The van der Waals surface area contributed by atoms with Crippen LogP contribution in [0.15, 0.2) is 78.5 Å². The molecule has 0 spiro atoms. The fourth-order valence-electron chi connectivity index (χ4n) is 3.09. The fourth-order valence-corrected chi connectivity index (χ4v) is 3.27. The van der Waals surface area contributed by atoms with E-state index in [-0.39, 0.29) is 11.3 Å². The van der Waals surface area contributed by atoms with Gasteiger partial charge >= 0.3 is 0 Å². The Labute approximate surface area is 170 Å². The minimum atomic E-state index is -0.624. The Balaban J connectivity index is 1.83. The van der Waals surface area contributed by atoms with Gasteiger partial charge in [0.05, 0.1) is 11.3 Å². The van der Waals surface area contributed by atoms with Crippen molar-refractivity contribution in [2.24, 2.45) is 0 Å². The van der Waals surface area contributed by atoms with Gasteiger partial charge in [-0.15, -0.1) is 0 Å². The number of benzene rings is 3. The van der Waals surface area contributed by atoms with E-state index in [1.165, 1.54) is 48.5 Å². The van der Waals surface area contributed by atoms with Crippen molar-refractivity contribution in [2.45, 2.75) is 0 Å². The van der Waals surface area contributed by atoms with E-state index < -0.39 is 23.4 Å². The highest BCUT2D eigenvalue weighted by atomic mass is 35.5. The number of imide groups is 1. The molecule has 0 bridgehead atoms. The van der Waals surface area contributed by atoms with Crippen LogP contribution < -0.4 is 10.2 Å². The van der Waals surface area contributed by atoms with Gasteiger partial charge in [0.15, 0.2) is 0 Å². The monoisotopic (exact) mass is 410 g/mol. The summed E-state index contributed by atoms with van der Waals surface area (Å²) in [5, 5.41) is 3.20. The first kappa shape index (κ1) is 18.8. The highest BCUT2D eigenvalue weighted by Crippen LogP contribution is 2.34. The predicted octanol–water partition coefficient (Wildman–Crippen LogP) is 5.01. The number of carbonyl (C=O) groups excluding carboxylic acids is 2. The summed E-state index contributed by atoms with van der Waals surface area (Å²) in [7, 11) is 0. The number of rotatable bonds is 4. The van der Waals surface area contributed by atoms with Crippen molar-refractivity contribution in [2.75, 3.05) is 10.2 Å². The quantitative estimate of drug-likeness (QED) is 0.615. The van der Waals surface area contributed by atoms with Crippen LogP contribution in [0, 0.1) is 11.6 Å². The molecule has 1 N–H and O–H groups in total. The molecule has 144 valence electrons. The molecule has 1 aliphatic heterocycles. The second kappa shape index (κ2) is 7.48. The van der Waals surface area contributed by atoms with E-state index in [4.69, 9.17) is 11.6 Å². The largest absolute Gasteiger partial charge is 0.350 e. The van der Waals surface area contributed by atoms with Gasteiger partial charge in [0.1, 0.15) is 17.3 Å². The van der Waals surface area contributed by atoms with E-state index in [9.17, 15) is 18.4 Å². The third-order valence-corrected chi connectivity index (χ3v) is 4.61. The molecule has 0 saturated carbocycles. The van der Waals surface area contributed by atoms with Crippen LogP contribution in [-0.4, -0.2) is 11.8 Å². The Hall–Kier alpha value is -3.51. The molecule has 4 nitrogen and oxygen atoms in total. The first-order valence-electron chi connectivity index (χ1n) is 8.61. The molecule has 0 fully saturated rings. The number of carbonyl (C=O) groups is 2. The lowest BCUT2D eigenvalue weighted by atomic mass is 10.0. The standard InChI is InChI=1S/C22H13ClF2N2O2/c23-14-3-1-6-18(11-14)27-21(28)19(13-7-9-15(24)10-8-13)20(22(27)29)26-17-5-2-4-16(25)12-17/h1-12,26H. The van der Waals surface area contributed by atoms with Gasteiger partial charge in [-0.2, -0.15) is 0 Å². The van der Waals surface area contributed by atoms with Crippen LogP contribution >= 0.6 is 11.6 Å². The van der Waals surface area contributed by atoms with Crippen molar-refractivity contribution in [3.05, 3.63) is 101 Å². The van der Waals surface area contributed by atoms with E-state index >= 15 is 0 Å². The van der Waals surface area contributed by atoms with Gasteiger partial charge in [-0.1, -0.05) is 35.9 Å². The van der Waals surface area contributed by atoms with Gasteiger partial charge in [0.25, 0.3) is 11.8 Å². The van der Waals surface area contributed by atoms with Crippen LogP contribution in [-0.2, 0) is 9.59 Å². The molecule has 0 aromatic heterocycles. The van der Waals surface area contributed by atoms with Gasteiger partial charge in [-0.3, -0.25) is 9.59 Å². The zero-order valence-corrected chi connectivity index (χ0v) is 15.6. The van der Waals surface area contributed by atoms with Crippen molar-refractivity contribution < 1.29 is 18.4 Å². The lowest BCUT2D eigenvalue weighted by Crippen LogP contribution is -2.32. The number of amides is 2. The van der Waals surface area contributed by atoms with Gasteiger partial charge in [0.2, 0.25) is 0 Å². The van der Waals surface area contributed by atoms with E-state index in [0.717, 1.165) is 4.90 Å². The summed E-state index contributed by atoms with van der Waals surface area (Å²) in [6.45, 7) is 0. The minimum Gasteiger partial charge on any atom is -0.350 e. The van der Waals surface area contributed by atoms with Crippen molar-refractivity contribution >= 4 is 40.4 Å². The van der Waals surface area contributed by atoms with Crippen LogP contribution in [0.5, 0.6) is 0 Å². The molecule has 0 unspecified atom stereocenters. The summed E-state index contributed by atoms with van der Waals surface area (Å²) in [6, 6.07) is 17.0. The molecule has 29 heavy (non-hydrogen) atoms. The molecule has 0 radical (unpaired) electrons. The number of nitrogens with zero attached hydrogens (tertiary/aromatic N) is 1. The number of halogens is 3. The van der Waals surface area contributed by atoms with E-state index in [0.29, 0.717) is 22.0 Å². The van der Waals surface area contributed by atoms with Crippen molar-refractivity contribution in [1.29, 1.82) is 0 Å². The number of hydrogen-bond donors (Lipinski definition) is 1. The second-order valence-electron chi connectivity index (χ2n) is 6.32. The average Bonchev–Trinajstić information content (AvgIpc) is 2.92. The summed E-state index contributed by atoms with van der Waals surface area (Å²) in [6.07, 6.45) is 0. The maximum Gasteiger partial charge on any atom is 0.282 e. The lowest BCUT2D eigenvalue weighted by molar-refractivity contribution is -0.120. The lowest BCUT2D eigenvalue weighted by Gasteiger charge is -2.15. The topological polar surface area (TPSA) is 49.4 Å². The maximum atomic E-state index is 13.6. The molecule has 1 aliphatic rings. The van der Waals surface area contributed by atoms with Crippen molar-refractivity contribution in [3.63, 3.8) is 0 Å². The zero-order chi connectivity index (χ0) is 20.5. The molecule has 1 heterocycles. The van der Waals surface area contributed by atoms with E-state index in [1.807, 2.05) is 0 Å². The molecule has 0 saturated heterocycles. The Morgan fingerprint density at radius 1 is 0.793 bits per heavy atom. The summed E-state index contributed by atoms with van der Waals surface area (Å²) in [5.41, 5.74) is 0.969. The molecule has 0 atom stereocenters. The first-order valence-corrected chi connectivity index (χ1v) is 8.99. The number of anilines is 2. The van der Waals surface area contributed by atoms with Crippen LogP contribution in [0.25, 0.3) is 5.57 Å². The van der Waals surface area contributed by atoms with Gasteiger partial charge in [-0.05, 0) is 54.1 Å². The Bertz CT molecular complexity index is 1160. The highest BCUT2D eigenvalue weighted by molar-refractivity contribution is 6.46. The maximum absolute atomic E-state index is 13.6. The molecule has 4 rings (SSSR count). The molecule has 2 amide bonds. The smallest absolute Gasteiger partial charge is 0.282 e. The fraction of sp³-hybridized carbons (Fsp3) is 0. The second-order valence-corrected chi connectivity index (χ2v) is 6.75. The van der Waals surface area contributed by atoms with Crippen LogP contribution in [0.2, 0.25) is 5.02 Å². The third kappa shape index (κ3) is 3.62. The summed E-state index contributed by atoms with van der Waals surface area (Å²) in [4.78, 5) is 27.3. The van der Waals surface area contributed by atoms with E-state index in [2.05, 4.69) is 5.32 Å². The number of nitrogens with one attached hydrogen (secondary N) is 1. The minimum absolute atomic E-state index is 0.0350. The first-order chi connectivity index (χ1) is 13.9. The molecule has 3 aromatic rings. The summed E-state index contributed by atoms with van der Waals surface area (Å²) >= 11 is 6.01. The van der Waals surface area contributed by atoms with Crippen LogP contribution in [0.1, 0.15) is 5.56 Å². The molecule has 0 aliphatic carbocycles. The Morgan fingerprint density at radius 3 is 2.21 bits per heavy atom. The summed E-state index contributed by atoms with van der Waals surface area (Å²) < 4.78 is 27.0. The molecule has 3 aromatic carbocycles. The van der Waals surface area contributed by atoms with E-state index in [1.54, 1.807) is 24.3 Å². The molecular formula is C22H13ClF2N2O2.